The van der Waals surface area contributed by atoms with Crippen molar-refractivity contribution in [3.05, 3.63) is 33.8 Å². The molecule has 0 unspecified atom stereocenters. The number of carbonyl (C=O) groups excluding carboxylic acids is 1. The molecule has 0 aromatic heterocycles. The number of oxime groups is 1. The molecule has 0 aliphatic carbocycles. The minimum Gasteiger partial charge on any atom is -0.409 e. The summed E-state index contributed by atoms with van der Waals surface area (Å²) >= 11 is 11.8. The molecule has 0 saturated heterocycles. The minimum absolute atomic E-state index is 0.0354. The van der Waals surface area contributed by atoms with Gasteiger partial charge in [0.25, 0.3) is 5.91 Å². The van der Waals surface area contributed by atoms with Gasteiger partial charge in [-0.25, -0.2) is 0 Å². The molecule has 5 nitrogen and oxygen atoms in total. The highest BCUT2D eigenvalue weighted by atomic mass is 35.5. The second-order valence-corrected chi connectivity index (χ2v) is 5.46. The van der Waals surface area contributed by atoms with Crippen LogP contribution in [0.15, 0.2) is 23.4 Å². The lowest BCUT2D eigenvalue weighted by molar-refractivity contribution is 0.0711. The number of hydrogen-bond donors (Lipinski definition) is 2. The quantitative estimate of drug-likeness (QED) is 0.379. The molecule has 0 aliphatic heterocycles. The standard InChI is InChI=1S/C13H17Cl2N3O2/c1-8(2)18(4-3-12(16)17-20)13(19)9-5-10(14)7-11(15)6-9/h5-8,20H,3-4H2,1-2H3,(H2,16,17). The maximum atomic E-state index is 12.5. The van der Waals surface area contributed by atoms with Gasteiger partial charge in [0.05, 0.1) is 0 Å². The van der Waals surface area contributed by atoms with E-state index in [0.717, 1.165) is 0 Å². The summed E-state index contributed by atoms with van der Waals surface area (Å²) in [4.78, 5) is 14.1. The van der Waals surface area contributed by atoms with Crippen molar-refractivity contribution in [2.75, 3.05) is 6.54 Å². The molecule has 1 aromatic carbocycles. The molecule has 0 aliphatic rings. The first-order valence-electron chi connectivity index (χ1n) is 6.08. The lowest BCUT2D eigenvalue weighted by Crippen LogP contribution is -2.39. The fourth-order valence-corrected chi connectivity index (χ4v) is 2.25. The molecule has 0 spiro atoms. The van der Waals surface area contributed by atoms with Gasteiger partial charge in [-0.05, 0) is 32.0 Å². The van der Waals surface area contributed by atoms with E-state index in [1.807, 2.05) is 13.8 Å². The van der Waals surface area contributed by atoms with E-state index in [0.29, 0.717) is 22.2 Å². The van der Waals surface area contributed by atoms with E-state index in [1.165, 1.54) is 0 Å². The fraction of sp³-hybridized carbons (Fsp3) is 0.385. The normalized spacial score (nSPS) is 11.8. The van der Waals surface area contributed by atoms with Crippen molar-refractivity contribution in [1.29, 1.82) is 0 Å². The van der Waals surface area contributed by atoms with E-state index in [1.54, 1.807) is 23.1 Å². The first-order chi connectivity index (χ1) is 9.35. The molecule has 1 rings (SSSR count). The van der Waals surface area contributed by atoms with Crippen molar-refractivity contribution < 1.29 is 10.0 Å². The van der Waals surface area contributed by atoms with E-state index in [4.69, 9.17) is 34.1 Å². The molecule has 0 radical (unpaired) electrons. The van der Waals surface area contributed by atoms with E-state index < -0.39 is 0 Å². The molecular formula is C13H17Cl2N3O2. The van der Waals surface area contributed by atoms with Crippen LogP contribution in [-0.2, 0) is 0 Å². The van der Waals surface area contributed by atoms with Gasteiger partial charge in [0.2, 0.25) is 0 Å². The molecule has 0 heterocycles. The van der Waals surface area contributed by atoms with Crippen molar-refractivity contribution in [3.8, 4) is 0 Å². The highest BCUT2D eigenvalue weighted by Crippen LogP contribution is 2.21. The summed E-state index contributed by atoms with van der Waals surface area (Å²) in [6, 6.07) is 4.66. The number of halogens is 2. The molecule has 3 N–H and O–H groups in total. The summed E-state index contributed by atoms with van der Waals surface area (Å²) in [5, 5.41) is 12.2. The zero-order chi connectivity index (χ0) is 15.3. The minimum atomic E-state index is -0.199. The average Bonchev–Trinajstić information content (AvgIpc) is 2.36. The monoisotopic (exact) mass is 317 g/mol. The number of hydrogen-bond acceptors (Lipinski definition) is 3. The van der Waals surface area contributed by atoms with Crippen molar-refractivity contribution in [2.24, 2.45) is 10.9 Å². The topological polar surface area (TPSA) is 78.9 Å². The third-order valence-electron chi connectivity index (χ3n) is 2.73. The van der Waals surface area contributed by atoms with Crippen LogP contribution in [0, 0.1) is 0 Å². The molecule has 110 valence electrons. The Labute approximate surface area is 127 Å². The Morgan fingerprint density at radius 2 is 1.90 bits per heavy atom. The second-order valence-electron chi connectivity index (χ2n) is 4.59. The summed E-state index contributed by atoms with van der Waals surface area (Å²) < 4.78 is 0. The number of amidine groups is 1. The number of nitrogens with two attached hydrogens (primary N) is 1. The average molecular weight is 318 g/mol. The summed E-state index contributed by atoms with van der Waals surface area (Å²) in [7, 11) is 0. The molecule has 0 bridgehead atoms. The summed E-state index contributed by atoms with van der Waals surface area (Å²) in [5.74, 6) is -0.122. The summed E-state index contributed by atoms with van der Waals surface area (Å²) in [5.41, 5.74) is 5.84. The van der Waals surface area contributed by atoms with Gasteiger partial charge < -0.3 is 15.8 Å². The maximum Gasteiger partial charge on any atom is 0.254 e. The van der Waals surface area contributed by atoms with E-state index in [2.05, 4.69) is 5.16 Å². The van der Waals surface area contributed by atoms with Gasteiger partial charge in [-0.1, -0.05) is 28.4 Å². The van der Waals surface area contributed by atoms with Gasteiger partial charge in [0.15, 0.2) is 0 Å². The van der Waals surface area contributed by atoms with Gasteiger partial charge in [-0.3, -0.25) is 4.79 Å². The smallest absolute Gasteiger partial charge is 0.254 e. The molecule has 0 atom stereocenters. The lowest BCUT2D eigenvalue weighted by atomic mass is 10.1. The van der Waals surface area contributed by atoms with Crippen LogP contribution in [0.2, 0.25) is 10.0 Å². The van der Waals surface area contributed by atoms with Crippen LogP contribution in [0.4, 0.5) is 0 Å². The van der Waals surface area contributed by atoms with Gasteiger partial charge >= 0.3 is 0 Å². The van der Waals surface area contributed by atoms with Crippen molar-refractivity contribution in [2.45, 2.75) is 26.3 Å². The molecule has 7 heteroatoms. The number of nitrogens with zero attached hydrogens (tertiary/aromatic N) is 2. The summed E-state index contributed by atoms with van der Waals surface area (Å²) in [6.07, 6.45) is 0.286. The Morgan fingerprint density at radius 1 is 1.35 bits per heavy atom. The Bertz CT molecular complexity index is 498. The molecule has 1 amide bonds. The first-order valence-corrected chi connectivity index (χ1v) is 6.84. The van der Waals surface area contributed by atoms with Gasteiger partial charge in [-0.2, -0.15) is 0 Å². The third-order valence-corrected chi connectivity index (χ3v) is 3.17. The predicted octanol–water partition coefficient (Wildman–Crippen LogP) is 2.98. The van der Waals surface area contributed by atoms with Crippen LogP contribution >= 0.6 is 23.2 Å². The SMILES string of the molecule is CC(C)N(CCC(N)=NO)C(=O)c1cc(Cl)cc(Cl)c1. The number of carbonyl (C=O) groups is 1. The third kappa shape index (κ3) is 4.58. The van der Waals surface area contributed by atoms with Crippen LogP contribution in [0.25, 0.3) is 0 Å². The lowest BCUT2D eigenvalue weighted by Gasteiger charge is -2.26. The highest BCUT2D eigenvalue weighted by molar-refractivity contribution is 6.35. The Balaban J connectivity index is 2.93. The van der Waals surface area contributed by atoms with Crippen molar-refractivity contribution >= 4 is 34.9 Å². The number of benzene rings is 1. The Morgan fingerprint density at radius 3 is 2.35 bits per heavy atom. The van der Waals surface area contributed by atoms with Crippen LogP contribution in [0.5, 0.6) is 0 Å². The van der Waals surface area contributed by atoms with Gasteiger partial charge in [0, 0.05) is 34.6 Å². The van der Waals surface area contributed by atoms with Crippen LogP contribution in [0.1, 0.15) is 30.6 Å². The molecule has 0 fully saturated rings. The first kappa shape index (κ1) is 16.6. The molecule has 0 saturated carbocycles. The number of rotatable bonds is 5. The predicted molar refractivity (Wildman–Crippen MR) is 80.7 cm³/mol. The zero-order valence-corrected chi connectivity index (χ0v) is 12.8. The van der Waals surface area contributed by atoms with E-state index in [-0.39, 0.29) is 24.2 Å². The molecular weight excluding hydrogens is 301 g/mol. The number of amides is 1. The Kier molecular flexibility index (Phi) is 6.10. The van der Waals surface area contributed by atoms with Gasteiger partial charge in [-0.15, -0.1) is 0 Å². The second kappa shape index (κ2) is 7.36. The zero-order valence-electron chi connectivity index (χ0n) is 11.3. The Hall–Kier alpha value is -1.46. The van der Waals surface area contributed by atoms with Crippen LogP contribution in [0.3, 0.4) is 0 Å². The largest absolute Gasteiger partial charge is 0.409 e. The van der Waals surface area contributed by atoms with Crippen LogP contribution < -0.4 is 5.73 Å². The van der Waals surface area contributed by atoms with E-state index in [9.17, 15) is 4.79 Å². The van der Waals surface area contributed by atoms with Gasteiger partial charge in [0.1, 0.15) is 5.84 Å². The van der Waals surface area contributed by atoms with Crippen molar-refractivity contribution in [1.82, 2.24) is 4.90 Å². The fourth-order valence-electron chi connectivity index (χ4n) is 1.72. The highest BCUT2D eigenvalue weighted by Gasteiger charge is 2.19. The van der Waals surface area contributed by atoms with Crippen molar-refractivity contribution in [3.63, 3.8) is 0 Å². The molecule has 1 aromatic rings. The maximum absolute atomic E-state index is 12.5. The van der Waals surface area contributed by atoms with E-state index >= 15 is 0 Å². The molecule has 20 heavy (non-hydrogen) atoms. The van der Waals surface area contributed by atoms with Crippen LogP contribution in [-0.4, -0.2) is 34.4 Å². The summed E-state index contributed by atoms with van der Waals surface area (Å²) in [6.45, 7) is 4.11.